The van der Waals surface area contributed by atoms with Crippen LogP contribution in [0.3, 0.4) is 0 Å². The number of hydrogen-bond donors (Lipinski definition) is 3. The maximum atomic E-state index is 12.4. The van der Waals surface area contributed by atoms with E-state index in [1.807, 2.05) is 13.8 Å². The van der Waals surface area contributed by atoms with Gasteiger partial charge in [-0.15, -0.1) is 0 Å². The van der Waals surface area contributed by atoms with E-state index < -0.39 is 0 Å². The van der Waals surface area contributed by atoms with Crippen LogP contribution in [-0.4, -0.2) is 26.8 Å². The molecule has 3 N–H and O–H groups in total. The van der Waals surface area contributed by atoms with E-state index in [-0.39, 0.29) is 18.2 Å². The Morgan fingerprint density at radius 2 is 1.96 bits per heavy atom. The normalized spacial score (nSPS) is 10.5. The predicted molar refractivity (Wildman–Crippen MR) is 109 cm³/mol. The van der Waals surface area contributed by atoms with Gasteiger partial charge < -0.3 is 15.6 Å². The molecule has 0 aliphatic heterocycles. The Morgan fingerprint density at radius 1 is 1.14 bits per heavy atom. The van der Waals surface area contributed by atoms with Gasteiger partial charge in [-0.25, -0.2) is 9.97 Å². The SMILES string of the molecule is Cc1nc(CCC(=O)Nc2cccc(C(=O)Nc3ccc(Cl)cn3)c2)[nH]c1C. The highest BCUT2D eigenvalue weighted by atomic mass is 35.5. The quantitative estimate of drug-likeness (QED) is 0.587. The molecule has 0 saturated carbocycles. The van der Waals surface area contributed by atoms with Crippen molar-refractivity contribution >= 4 is 34.9 Å². The number of carbonyl (C=O) groups is 2. The second-order valence-corrected chi connectivity index (χ2v) is 6.78. The number of pyridine rings is 1. The van der Waals surface area contributed by atoms with Gasteiger partial charge in [0.15, 0.2) is 0 Å². The average Bonchev–Trinajstić information content (AvgIpc) is 3.00. The third kappa shape index (κ3) is 5.17. The topological polar surface area (TPSA) is 99.8 Å². The summed E-state index contributed by atoms with van der Waals surface area (Å²) < 4.78 is 0. The lowest BCUT2D eigenvalue weighted by molar-refractivity contribution is -0.116. The molecule has 0 aliphatic rings. The molecule has 1 aromatic carbocycles. The van der Waals surface area contributed by atoms with Gasteiger partial charge in [0.1, 0.15) is 11.6 Å². The largest absolute Gasteiger partial charge is 0.346 e. The lowest BCUT2D eigenvalue weighted by Crippen LogP contribution is -2.15. The number of halogens is 1. The van der Waals surface area contributed by atoms with Crippen molar-refractivity contribution in [1.82, 2.24) is 15.0 Å². The van der Waals surface area contributed by atoms with Crippen LogP contribution < -0.4 is 10.6 Å². The number of imidazole rings is 1. The Hall–Kier alpha value is -3.19. The van der Waals surface area contributed by atoms with Crippen molar-refractivity contribution in [3.63, 3.8) is 0 Å². The number of nitrogens with zero attached hydrogens (tertiary/aromatic N) is 2. The summed E-state index contributed by atoms with van der Waals surface area (Å²) in [4.78, 5) is 36.1. The van der Waals surface area contributed by atoms with Crippen LogP contribution in [0.25, 0.3) is 0 Å². The summed E-state index contributed by atoms with van der Waals surface area (Å²) in [6, 6.07) is 9.97. The highest BCUT2D eigenvalue weighted by Gasteiger charge is 2.10. The summed E-state index contributed by atoms with van der Waals surface area (Å²) in [6.45, 7) is 3.87. The number of nitrogens with one attached hydrogen (secondary N) is 3. The number of carbonyl (C=O) groups excluding carboxylic acids is 2. The summed E-state index contributed by atoms with van der Waals surface area (Å²) in [5.74, 6) is 0.706. The van der Waals surface area contributed by atoms with Crippen molar-refractivity contribution in [3.05, 3.63) is 70.4 Å². The van der Waals surface area contributed by atoms with E-state index in [1.165, 1.54) is 6.20 Å². The summed E-state index contributed by atoms with van der Waals surface area (Å²) >= 11 is 5.79. The number of rotatable bonds is 6. The fourth-order valence-corrected chi connectivity index (χ4v) is 2.68. The van der Waals surface area contributed by atoms with Crippen LogP contribution in [0.2, 0.25) is 5.02 Å². The van der Waals surface area contributed by atoms with Crippen molar-refractivity contribution in [2.24, 2.45) is 0 Å². The van der Waals surface area contributed by atoms with Crippen molar-refractivity contribution in [3.8, 4) is 0 Å². The molecular weight excluding hydrogens is 378 g/mol. The van der Waals surface area contributed by atoms with E-state index in [2.05, 4.69) is 25.6 Å². The molecule has 0 spiro atoms. The molecule has 0 atom stereocenters. The van der Waals surface area contributed by atoms with Crippen LogP contribution in [0.1, 0.15) is 34.0 Å². The van der Waals surface area contributed by atoms with Gasteiger partial charge in [-0.1, -0.05) is 17.7 Å². The first-order valence-electron chi connectivity index (χ1n) is 8.75. The van der Waals surface area contributed by atoms with E-state index in [4.69, 9.17) is 11.6 Å². The molecule has 0 fully saturated rings. The average molecular weight is 398 g/mol. The second-order valence-electron chi connectivity index (χ2n) is 6.34. The molecule has 28 heavy (non-hydrogen) atoms. The zero-order valence-electron chi connectivity index (χ0n) is 15.5. The van der Waals surface area contributed by atoms with Crippen LogP contribution >= 0.6 is 11.6 Å². The molecule has 2 heterocycles. The molecule has 0 aliphatic carbocycles. The zero-order valence-corrected chi connectivity index (χ0v) is 16.3. The van der Waals surface area contributed by atoms with Crippen LogP contribution in [0.4, 0.5) is 11.5 Å². The number of aryl methyl sites for hydroxylation is 3. The van der Waals surface area contributed by atoms with Crippen molar-refractivity contribution in [2.75, 3.05) is 10.6 Å². The van der Waals surface area contributed by atoms with Crippen molar-refractivity contribution in [2.45, 2.75) is 26.7 Å². The standard InChI is InChI=1S/C20H20ClN5O2/c1-12-13(2)24-18(23-12)8-9-19(27)25-16-5-3-4-14(10-16)20(28)26-17-7-6-15(21)11-22-17/h3-7,10-11H,8-9H2,1-2H3,(H,23,24)(H,25,27)(H,22,26,28). The maximum Gasteiger partial charge on any atom is 0.256 e. The molecule has 7 nitrogen and oxygen atoms in total. The number of benzene rings is 1. The minimum atomic E-state index is -0.326. The Bertz CT molecular complexity index is 979. The summed E-state index contributed by atoms with van der Waals surface area (Å²) in [5.41, 5.74) is 2.90. The monoisotopic (exact) mass is 397 g/mol. The summed E-state index contributed by atoms with van der Waals surface area (Å²) in [7, 11) is 0. The van der Waals surface area contributed by atoms with Crippen LogP contribution in [-0.2, 0) is 11.2 Å². The molecule has 8 heteroatoms. The Kier molecular flexibility index (Phi) is 6.06. The molecule has 144 valence electrons. The van der Waals surface area contributed by atoms with Gasteiger partial charge >= 0.3 is 0 Å². The fourth-order valence-electron chi connectivity index (χ4n) is 2.57. The maximum absolute atomic E-state index is 12.4. The highest BCUT2D eigenvalue weighted by molar-refractivity contribution is 6.30. The molecule has 3 rings (SSSR count). The Morgan fingerprint density at radius 3 is 2.64 bits per heavy atom. The van der Waals surface area contributed by atoms with E-state index in [9.17, 15) is 9.59 Å². The number of hydrogen-bond acceptors (Lipinski definition) is 4. The van der Waals surface area contributed by atoms with Gasteiger partial charge in [0.2, 0.25) is 5.91 Å². The molecule has 0 unspecified atom stereocenters. The van der Waals surface area contributed by atoms with Crippen LogP contribution in [0.15, 0.2) is 42.6 Å². The molecule has 2 amide bonds. The summed E-state index contributed by atoms with van der Waals surface area (Å²) in [6.07, 6.45) is 2.26. The molecular formula is C20H20ClN5O2. The summed E-state index contributed by atoms with van der Waals surface area (Å²) in [5, 5.41) is 5.98. The van der Waals surface area contributed by atoms with E-state index in [0.29, 0.717) is 28.5 Å². The van der Waals surface area contributed by atoms with Gasteiger partial charge in [0, 0.05) is 36.0 Å². The van der Waals surface area contributed by atoms with Crippen LogP contribution in [0.5, 0.6) is 0 Å². The highest BCUT2D eigenvalue weighted by Crippen LogP contribution is 2.15. The van der Waals surface area contributed by atoms with E-state index >= 15 is 0 Å². The number of amides is 2. The van der Waals surface area contributed by atoms with E-state index in [1.54, 1.807) is 36.4 Å². The van der Waals surface area contributed by atoms with Gasteiger partial charge in [-0.3, -0.25) is 9.59 Å². The second kappa shape index (κ2) is 8.67. The van der Waals surface area contributed by atoms with Crippen molar-refractivity contribution in [1.29, 1.82) is 0 Å². The first-order chi connectivity index (χ1) is 13.4. The lowest BCUT2D eigenvalue weighted by atomic mass is 10.2. The number of aromatic amines is 1. The van der Waals surface area contributed by atoms with Gasteiger partial charge in [0.05, 0.1) is 10.7 Å². The van der Waals surface area contributed by atoms with Gasteiger partial charge in [-0.05, 0) is 44.2 Å². The number of H-pyrrole nitrogens is 1. The molecule has 2 aromatic heterocycles. The van der Waals surface area contributed by atoms with Crippen molar-refractivity contribution < 1.29 is 9.59 Å². The Balaban J connectivity index is 1.58. The third-order valence-electron chi connectivity index (χ3n) is 4.14. The van der Waals surface area contributed by atoms with Gasteiger partial charge in [0.25, 0.3) is 5.91 Å². The molecule has 0 radical (unpaired) electrons. The predicted octanol–water partition coefficient (Wildman–Crippen LogP) is 3.90. The zero-order chi connectivity index (χ0) is 20.1. The first-order valence-corrected chi connectivity index (χ1v) is 9.13. The fraction of sp³-hybridized carbons (Fsp3) is 0.200. The lowest BCUT2D eigenvalue weighted by Gasteiger charge is -2.08. The molecule has 0 saturated heterocycles. The van der Waals surface area contributed by atoms with E-state index in [0.717, 1.165) is 17.2 Å². The van der Waals surface area contributed by atoms with Crippen LogP contribution in [0, 0.1) is 13.8 Å². The third-order valence-corrected chi connectivity index (χ3v) is 4.37. The molecule has 0 bridgehead atoms. The Labute approximate surface area is 167 Å². The number of aromatic nitrogens is 3. The number of anilines is 2. The smallest absolute Gasteiger partial charge is 0.256 e. The van der Waals surface area contributed by atoms with Gasteiger partial charge in [-0.2, -0.15) is 0 Å². The minimum absolute atomic E-state index is 0.149. The molecule has 3 aromatic rings. The minimum Gasteiger partial charge on any atom is -0.346 e. The first kappa shape index (κ1) is 19.6.